The highest BCUT2D eigenvalue weighted by molar-refractivity contribution is 5.77. The van der Waals surface area contributed by atoms with E-state index in [1.807, 2.05) is 6.08 Å². The van der Waals surface area contributed by atoms with Crippen LogP contribution in [-0.2, 0) is 14.3 Å². The summed E-state index contributed by atoms with van der Waals surface area (Å²) < 4.78 is 5.92. The lowest BCUT2D eigenvalue weighted by atomic mass is 10.0. The quantitative estimate of drug-likeness (QED) is 0.0321. The number of carbonyl (C=O) groups excluding carboxylic acids is 2. The van der Waals surface area contributed by atoms with Gasteiger partial charge in [-0.05, 0) is 70.6 Å². The van der Waals surface area contributed by atoms with Crippen molar-refractivity contribution >= 4 is 11.9 Å². The summed E-state index contributed by atoms with van der Waals surface area (Å²) in [5.74, 6) is -0.538. The van der Waals surface area contributed by atoms with Crippen LogP contribution in [0.5, 0.6) is 0 Å². The van der Waals surface area contributed by atoms with E-state index in [0.717, 1.165) is 96.3 Å². The third-order valence-electron chi connectivity index (χ3n) is 12.1. The molecule has 0 aromatic rings. The average Bonchev–Trinajstić information content (AvgIpc) is 3.30. The molecule has 0 fully saturated rings. The van der Waals surface area contributed by atoms with Gasteiger partial charge in [-0.1, -0.05) is 254 Å². The Morgan fingerprint density at radius 3 is 1.31 bits per heavy atom. The van der Waals surface area contributed by atoms with Crippen LogP contribution in [0, 0.1) is 0 Å². The molecule has 0 saturated heterocycles. The van der Waals surface area contributed by atoms with Crippen molar-refractivity contribution in [1.82, 2.24) is 5.32 Å². The summed E-state index contributed by atoms with van der Waals surface area (Å²) in [6.45, 7) is 6.31. The molecular formula is C59H103NO5. The second-order valence-electron chi connectivity index (χ2n) is 18.4. The highest BCUT2D eigenvalue weighted by atomic mass is 16.5. The lowest BCUT2D eigenvalue weighted by Crippen LogP contribution is -2.46. The molecule has 0 aliphatic heterocycles. The number of ether oxygens (including phenoxy) is 1. The molecule has 3 unspecified atom stereocenters. The Balaban J connectivity index is 4.65. The van der Waals surface area contributed by atoms with Crippen molar-refractivity contribution < 1.29 is 24.5 Å². The monoisotopic (exact) mass is 906 g/mol. The van der Waals surface area contributed by atoms with Gasteiger partial charge < -0.3 is 20.3 Å². The van der Waals surface area contributed by atoms with Crippen molar-refractivity contribution in [3.05, 3.63) is 85.1 Å². The summed E-state index contributed by atoms with van der Waals surface area (Å²) in [6, 6.07) is -0.724. The number of unbranched alkanes of at least 4 members (excludes halogenated alkanes) is 27. The maximum atomic E-state index is 13.2. The lowest BCUT2D eigenvalue weighted by molar-refractivity contribution is -0.151. The molecule has 0 aromatic heterocycles. The van der Waals surface area contributed by atoms with E-state index in [1.54, 1.807) is 0 Å². The number of aliphatic hydroxyl groups is 2. The Labute approximate surface area is 402 Å². The van der Waals surface area contributed by atoms with Crippen LogP contribution in [-0.4, -0.2) is 46.9 Å². The molecule has 0 aliphatic rings. The molecule has 0 radical (unpaired) electrons. The van der Waals surface area contributed by atoms with Crippen molar-refractivity contribution in [2.75, 3.05) is 6.61 Å². The lowest BCUT2D eigenvalue weighted by Gasteiger charge is -2.24. The Kier molecular flexibility index (Phi) is 49.6. The van der Waals surface area contributed by atoms with Crippen LogP contribution in [0.1, 0.15) is 252 Å². The van der Waals surface area contributed by atoms with Gasteiger partial charge in [0.25, 0.3) is 0 Å². The zero-order valence-corrected chi connectivity index (χ0v) is 42.6. The average molecular weight is 906 g/mol. The van der Waals surface area contributed by atoms with Gasteiger partial charge in [0.2, 0.25) is 5.91 Å². The van der Waals surface area contributed by atoms with Crippen LogP contribution in [0.25, 0.3) is 0 Å². The van der Waals surface area contributed by atoms with Crippen LogP contribution in [0.3, 0.4) is 0 Å². The first-order chi connectivity index (χ1) is 32.0. The number of rotatable bonds is 48. The fraction of sp³-hybridized carbons (Fsp3) is 0.729. The zero-order valence-electron chi connectivity index (χ0n) is 42.6. The smallest absolute Gasteiger partial charge is 0.306 e. The minimum Gasteiger partial charge on any atom is -0.462 e. The molecular weight excluding hydrogens is 803 g/mol. The van der Waals surface area contributed by atoms with Gasteiger partial charge >= 0.3 is 5.97 Å². The van der Waals surface area contributed by atoms with E-state index >= 15 is 0 Å². The highest BCUT2D eigenvalue weighted by Crippen LogP contribution is 2.18. The molecule has 374 valence electrons. The topological polar surface area (TPSA) is 95.9 Å². The van der Waals surface area contributed by atoms with Crippen molar-refractivity contribution in [3.63, 3.8) is 0 Å². The van der Waals surface area contributed by atoms with Crippen LogP contribution in [0.15, 0.2) is 85.1 Å². The van der Waals surface area contributed by atoms with Gasteiger partial charge in [-0.15, -0.1) is 0 Å². The maximum Gasteiger partial charge on any atom is 0.306 e. The van der Waals surface area contributed by atoms with E-state index < -0.39 is 18.2 Å². The highest BCUT2D eigenvalue weighted by Gasteiger charge is 2.24. The van der Waals surface area contributed by atoms with Crippen molar-refractivity contribution in [2.45, 2.75) is 270 Å². The third kappa shape index (κ3) is 47.3. The largest absolute Gasteiger partial charge is 0.462 e. The summed E-state index contributed by atoms with van der Waals surface area (Å²) in [4.78, 5) is 26.2. The molecule has 0 heterocycles. The predicted molar refractivity (Wildman–Crippen MR) is 282 cm³/mol. The molecule has 1 amide bonds. The fourth-order valence-corrected chi connectivity index (χ4v) is 7.97. The number of carbonyl (C=O) groups is 2. The van der Waals surface area contributed by atoms with Gasteiger partial charge in [-0.3, -0.25) is 9.59 Å². The standard InChI is InChI=1S/C59H103NO5/c1-4-7-10-13-16-19-22-25-27-29-31-34-36-39-42-45-48-51-57(62)56(54-61)60-58(63)53-55(50-47-44-41-38-35-33-30-28-26-23-20-17-14-11-8-5-2)65-59(64)52-49-46-43-40-37-32-24-21-18-15-12-9-6-3/h9,12,15,17-18,20-21,23-24,26,28,30,33,35,55-57,61-62H,4-8,10-11,13-14,16,19,22,25,27,29,31-32,34,36-54H2,1-3H3,(H,60,63)/b12-9+,18-15+,20-17+,24-21-,26-23+,30-28+,35-33+. The van der Waals surface area contributed by atoms with Gasteiger partial charge in [0, 0.05) is 6.42 Å². The molecule has 6 heteroatoms. The van der Waals surface area contributed by atoms with Crippen molar-refractivity contribution in [2.24, 2.45) is 0 Å². The van der Waals surface area contributed by atoms with Crippen molar-refractivity contribution in [1.29, 1.82) is 0 Å². The van der Waals surface area contributed by atoms with Crippen LogP contribution in [0.4, 0.5) is 0 Å². The SMILES string of the molecule is CC/C=C/C=C/C=C\CCCCCCCC(=O)OC(CCCCC/C=C/C=C/C=C/C=C/CCCCC)CC(=O)NC(CO)C(O)CCCCCCCCCCCCCCCCCCC. The van der Waals surface area contributed by atoms with Gasteiger partial charge in [0.15, 0.2) is 0 Å². The summed E-state index contributed by atoms with van der Waals surface area (Å²) >= 11 is 0. The number of esters is 1. The van der Waals surface area contributed by atoms with E-state index in [4.69, 9.17) is 4.74 Å². The summed E-state index contributed by atoms with van der Waals surface area (Å²) in [6.07, 6.45) is 67.8. The predicted octanol–water partition coefficient (Wildman–Crippen LogP) is 16.7. The number of hydrogen-bond acceptors (Lipinski definition) is 5. The minimum absolute atomic E-state index is 0.0395. The molecule has 65 heavy (non-hydrogen) atoms. The second-order valence-corrected chi connectivity index (χ2v) is 18.4. The van der Waals surface area contributed by atoms with Gasteiger partial charge in [-0.2, -0.15) is 0 Å². The number of allylic oxidation sites excluding steroid dienone is 14. The molecule has 6 nitrogen and oxygen atoms in total. The number of nitrogens with one attached hydrogen (secondary N) is 1. The van der Waals surface area contributed by atoms with Crippen molar-refractivity contribution in [3.8, 4) is 0 Å². The Hall–Kier alpha value is -2.96. The van der Waals surface area contributed by atoms with Gasteiger partial charge in [0.05, 0.1) is 25.2 Å². The normalized spacial score (nSPS) is 13.9. The minimum atomic E-state index is -0.807. The molecule has 0 bridgehead atoms. The molecule has 3 N–H and O–H groups in total. The zero-order chi connectivity index (χ0) is 47.4. The first kappa shape index (κ1) is 62.0. The van der Waals surface area contributed by atoms with Crippen LogP contribution < -0.4 is 5.32 Å². The first-order valence-electron chi connectivity index (χ1n) is 27.4. The molecule has 0 aromatic carbocycles. The molecule has 0 rings (SSSR count). The summed E-state index contributed by atoms with van der Waals surface area (Å²) in [5.41, 5.74) is 0. The van der Waals surface area contributed by atoms with E-state index in [2.05, 4.69) is 105 Å². The Bertz CT molecular complexity index is 1250. The molecule has 3 atom stereocenters. The van der Waals surface area contributed by atoms with E-state index in [1.165, 1.54) is 109 Å². The van der Waals surface area contributed by atoms with Gasteiger partial charge in [-0.25, -0.2) is 0 Å². The molecule has 0 aliphatic carbocycles. The van der Waals surface area contributed by atoms with E-state index in [0.29, 0.717) is 19.3 Å². The number of hydrogen-bond donors (Lipinski definition) is 3. The van der Waals surface area contributed by atoms with Crippen LogP contribution >= 0.6 is 0 Å². The fourth-order valence-electron chi connectivity index (χ4n) is 7.97. The number of amides is 1. The third-order valence-corrected chi connectivity index (χ3v) is 12.1. The first-order valence-corrected chi connectivity index (χ1v) is 27.4. The van der Waals surface area contributed by atoms with E-state index in [9.17, 15) is 19.8 Å². The Morgan fingerprint density at radius 2 is 0.831 bits per heavy atom. The summed E-state index contributed by atoms with van der Waals surface area (Å²) in [5, 5.41) is 23.8. The summed E-state index contributed by atoms with van der Waals surface area (Å²) in [7, 11) is 0. The number of aliphatic hydroxyl groups excluding tert-OH is 2. The molecule has 0 saturated carbocycles. The molecule has 0 spiro atoms. The second kappa shape index (κ2) is 52.0. The maximum absolute atomic E-state index is 13.2. The Morgan fingerprint density at radius 1 is 0.462 bits per heavy atom. The van der Waals surface area contributed by atoms with Crippen LogP contribution in [0.2, 0.25) is 0 Å². The van der Waals surface area contributed by atoms with Gasteiger partial charge in [0.1, 0.15) is 6.10 Å². The van der Waals surface area contributed by atoms with E-state index in [-0.39, 0.29) is 24.9 Å².